The van der Waals surface area contributed by atoms with E-state index in [2.05, 4.69) is 4.43 Å². The summed E-state index contributed by atoms with van der Waals surface area (Å²) in [6.45, 7) is 0. The third-order valence-corrected chi connectivity index (χ3v) is 2.10. The molecule has 0 saturated carbocycles. The first-order chi connectivity index (χ1) is 2.56. The summed E-state index contributed by atoms with van der Waals surface area (Å²) in [5.74, 6) is 0. The monoisotopic (exact) mass is 220 g/mol. The molecule has 0 aliphatic rings. The van der Waals surface area contributed by atoms with E-state index < -0.39 is 6.30 Å². The van der Waals surface area contributed by atoms with E-state index in [1.807, 2.05) is 0 Å². The lowest BCUT2D eigenvalue weighted by atomic mass is 11.8. The van der Waals surface area contributed by atoms with Gasteiger partial charge in [0.2, 0.25) is 0 Å². The van der Waals surface area contributed by atoms with Gasteiger partial charge in [0, 0.05) is 7.11 Å². The molecule has 0 amide bonds. The molecule has 0 aliphatic carbocycles. The van der Waals surface area contributed by atoms with Crippen LogP contribution in [-0.2, 0) is 4.43 Å². The third kappa shape index (κ3) is 4.83. The quantitative estimate of drug-likeness (QED) is 0.355. The summed E-state index contributed by atoms with van der Waals surface area (Å²) in [7, 11) is 1.26. The molecule has 0 spiro atoms. The molecule has 0 aliphatic heterocycles. The molecule has 2 N–H and O–H groups in total. The minimum atomic E-state index is -3.16. The lowest BCUT2D eigenvalue weighted by molar-refractivity contribution is 0.223. The van der Waals surface area contributed by atoms with Crippen LogP contribution in [0.2, 0.25) is 0 Å². The van der Waals surface area contributed by atoms with Crippen molar-refractivity contribution in [1.29, 1.82) is 0 Å². The highest BCUT2D eigenvalue weighted by Gasteiger charge is 2.24. The largest absolute Gasteiger partial charge is 0.566 e. The van der Waals surface area contributed by atoms with Crippen LogP contribution in [0.1, 0.15) is 0 Å². The molecule has 0 aromatic carbocycles. The van der Waals surface area contributed by atoms with Gasteiger partial charge in [0.05, 0.1) is 0 Å². The van der Waals surface area contributed by atoms with Crippen LogP contribution in [0.4, 0.5) is 0 Å². The van der Waals surface area contributed by atoms with Gasteiger partial charge >= 0.3 is 6.30 Å². The Morgan fingerprint density at radius 1 is 1.67 bits per heavy atom. The van der Waals surface area contributed by atoms with Gasteiger partial charge < -0.3 is 14.0 Å². The van der Waals surface area contributed by atoms with E-state index in [0.717, 1.165) is 0 Å². The SMILES string of the molecule is CO[Si](O)(O)I. The molecular weight excluding hydrogens is 215 g/mol. The van der Waals surface area contributed by atoms with E-state index in [1.54, 1.807) is 0 Å². The number of hydrogen-bond acceptors (Lipinski definition) is 3. The van der Waals surface area contributed by atoms with Gasteiger partial charge in [-0.2, -0.15) is 0 Å². The zero-order valence-corrected chi connectivity index (χ0v) is 6.34. The predicted octanol–water partition coefficient (Wildman–Crippen LogP) is -0.512. The first-order valence-electron chi connectivity index (χ1n) is 1.25. The first-order valence-corrected chi connectivity index (χ1v) is 6.17. The summed E-state index contributed by atoms with van der Waals surface area (Å²) in [6, 6.07) is 0. The molecule has 0 heterocycles. The predicted molar refractivity (Wildman–Crippen MR) is 31.2 cm³/mol. The number of rotatable bonds is 1. The van der Waals surface area contributed by atoms with Crippen molar-refractivity contribution in [3.05, 3.63) is 0 Å². The maximum absolute atomic E-state index is 8.29. The molecular formula is CH5IO3Si. The second-order valence-electron chi connectivity index (χ2n) is 0.733. The van der Waals surface area contributed by atoms with E-state index in [9.17, 15) is 0 Å². The Bertz CT molecular complexity index is 40.5. The summed E-state index contributed by atoms with van der Waals surface area (Å²) >= 11 is 1.47. The van der Waals surface area contributed by atoms with Gasteiger partial charge in [-0.1, -0.05) is 0 Å². The highest BCUT2D eigenvalue weighted by molar-refractivity contribution is 14.1. The van der Waals surface area contributed by atoms with Crippen molar-refractivity contribution in [2.24, 2.45) is 0 Å². The Kier molecular flexibility index (Phi) is 2.52. The normalized spacial score (nSPS) is 12.0. The second-order valence-corrected chi connectivity index (χ2v) is 6.41. The summed E-state index contributed by atoms with van der Waals surface area (Å²) < 4.78 is 4.17. The van der Waals surface area contributed by atoms with Crippen molar-refractivity contribution in [1.82, 2.24) is 0 Å². The van der Waals surface area contributed by atoms with E-state index in [4.69, 9.17) is 9.59 Å². The van der Waals surface area contributed by atoms with Crippen LogP contribution >= 0.6 is 21.8 Å². The number of halogens is 1. The van der Waals surface area contributed by atoms with Gasteiger partial charge in [0.15, 0.2) is 0 Å². The summed E-state index contributed by atoms with van der Waals surface area (Å²) in [5, 5.41) is 0. The van der Waals surface area contributed by atoms with Crippen molar-refractivity contribution in [3.63, 3.8) is 0 Å². The van der Waals surface area contributed by atoms with Crippen LogP contribution < -0.4 is 0 Å². The maximum atomic E-state index is 8.29. The van der Waals surface area contributed by atoms with Crippen LogP contribution in [0.25, 0.3) is 0 Å². The van der Waals surface area contributed by atoms with E-state index in [1.165, 1.54) is 28.9 Å². The Hall–Kier alpha value is 0.827. The maximum Gasteiger partial charge on any atom is 0.566 e. The van der Waals surface area contributed by atoms with Crippen molar-refractivity contribution in [2.75, 3.05) is 7.11 Å². The van der Waals surface area contributed by atoms with Crippen molar-refractivity contribution >= 4 is 28.1 Å². The topological polar surface area (TPSA) is 49.7 Å². The first kappa shape index (κ1) is 6.83. The van der Waals surface area contributed by atoms with E-state index >= 15 is 0 Å². The van der Waals surface area contributed by atoms with Crippen LogP contribution in [-0.4, -0.2) is 23.0 Å². The molecule has 38 valence electrons. The second kappa shape index (κ2) is 2.22. The van der Waals surface area contributed by atoms with Gasteiger partial charge in [-0.15, -0.1) is 0 Å². The zero-order chi connectivity index (χ0) is 5.21. The fraction of sp³-hybridized carbons (Fsp3) is 1.00. The highest BCUT2D eigenvalue weighted by Crippen LogP contribution is 2.01. The van der Waals surface area contributed by atoms with Crippen LogP contribution in [0.3, 0.4) is 0 Å². The Morgan fingerprint density at radius 2 is 1.83 bits per heavy atom. The molecule has 0 bridgehead atoms. The Labute approximate surface area is 49.5 Å². The van der Waals surface area contributed by atoms with Crippen molar-refractivity contribution in [3.8, 4) is 0 Å². The lowest BCUT2D eigenvalue weighted by Gasteiger charge is -2.02. The molecule has 0 atom stereocenters. The number of hydrogen-bond donors (Lipinski definition) is 2. The molecule has 0 unspecified atom stereocenters. The summed E-state index contributed by atoms with van der Waals surface area (Å²) in [6.07, 6.45) is -3.16. The average Bonchev–Trinajstić information content (AvgIpc) is 1.35. The fourth-order valence-corrected chi connectivity index (χ4v) is 0. The fourth-order valence-electron chi connectivity index (χ4n) is 0. The molecule has 5 heteroatoms. The highest BCUT2D eigenvalue weighted by atomic mass is 127. The lowest BCUT2D eigenvalue weighted by Crippen LogP contribution is -2.28. The molecule has 3 nitrogen and oxygen atoms in total. The molecule has 0 aromatic heterocycles. The minimum absolute atomic E-state index is 1.26. The molecule has 0 fully saturated rings. The minimum Gasteiger partial charge on any atom is -0.382 e. The Balaban J connectivity index is 3.17. The van der Waals surface area contributed by atoms with Gasteiger partial charge in [-0.3, -0.25) is 0 Å². The van der Waals surface area contributed by atoms with E-state index in [-0.39, 0.29) is 0 Å². The third-order valence-electron chi connectivity index (χ3n) is 0.260. The zero-order valence-electron chi connectivity index (χ0n) is 3.18. The van der Waals surface area contributed by atoms with Crippen LogP contribution in [0.15, 0.2) is 0 Å². The Morgan fingerprint density at radius 3 is 1.83 bits per heavy atom. The standard InChI is InChI=1S/CH5IO3Si/c1-5-6(2,3)4/h3-4H,1H3. The van der Waals surface area contributed by atoms with Crippen LogP contribution in [0.5, 0.6) is 0 Å². The van der Waals surface area contributed by atoms with Gasteiger partial charge in [-0.05, 0) is 21.8 Å². The van der Waals surface area contributed by atoms with E-state index in [0.29, 0.717) is 0 Å². The van der Waals surface area contributed by atoms with Gasteiger partial charge in [0.1, 0.15) is 0 Å². The van der Waals surface area contributed by atoms with Gasteiger partial charge in [-0.25, -0.2) is 0 Å². The smallest absolute Gasteiger partial charge is 0.382 e. The summed E-state index contributed by atoms with van der Waals surface area (Å²) in [5.41, 5.74) is 0. The molecule has 6 heavy (non-hydrogen) atoms. The van der Waals surface area contributed by atoms with Crippen molar-refractivity contribution < 1.29 is 14.0 Å². The van der Waals surface area contributed by atoms with Gasteiger partial charge in [0.25, 0.3) is 0 Å². The molecule has 0 aromatic rings. The van der Waals surface area contributed by atoms with Crippen LogP contribution in [0, 0.1) is 0 Å². The van der Waals surface area contributed by atoms with Crippen molar-refractivity contribution in [2.45, 2.75) is 0 Å². The summed E-state index contributed by atoms with van der Waals surface area (Å²) in [4.78, 5) is 16.6. The molecule has 0 rings (SSSR count). The molecule has 0 radical (unpaired) electrons. The molecule has 0 saturated heterocycles. The average molecular weight is 220 g/mol.